The van der Waals surface area contributed by atoms with Gasteiger partial charge in [-0.15, -0.1) is 24.8 Å². The molecule has 2 rings (SSSR count). The van der Waals surface area contributed by atoms with Crippen molar-refractivity contribution in [3.05, 3.63) is 29.8 Å². The monoisotopic (exact) mass is 406 g/mol. The number of methoxy groups -OCH3 is 1. The maximum atomic E-state index is 12.4. The Bertz CT molecular complexity index is 549. The van der Waals surface area contributed by atoms with Crippen molar-refractivity contribution in [2.24, 2.45) is 0 Å². The van der Waals surface area contributed by atoms with Crippen molar-refractivity contribution < 1.29 is 14.3 Å². The molecule has 0 atom stereocenters. The number of hydrogen-bond acceptors (Lipinski definition) is 5. The summed E-state index contributed by atoms with van der Waals surface area (Å²) in [4.78, 5) is 28.3. The van der Waals surface area contributed by atoms with Gasteiger partial charge in [0.25, 0.3) is 5.91 Å². The highest BCUT2D eigenvalue weighted by Crippen LogP contribution is 2.12. The number of carbonyl (C=O) groups excluding carboxylic acids is 2. The van der Waals surface area contributed by atoms with E-state index < -0.39 is 0 Å². The first-order valence-corrected chi connectivity index (χ1v) is 8.17. The van der Waals surface area contributed by atoms with Gasteiger partial charge in [0.2, 0.25) is 5.91 Å². The second-order valence-corrected chi connectivity index (χ2v) is 5.89. The van der Waals surface area contributed by atoms with Crippen molar-refractivity contribution in [1.29, 1.82) is 0 Å². The van der Waals surface area contributed by atoms with Crippen LogP contribution < -0.4 is 10.6 Å². The summed E-state index contributed by atoms with van der Waals surface area (Å²) in [6, 6.07) is 7.04. The zero-order valence-corrected chi connectivity index (χ0v) is 16.8. The molecule has 0 aliphatic carbocycles. The first-order chi connectivity index (χ1) is 11.6. The fraction of sp³-hybridized carbons (Fsp3) is 0.529. The van der Waals surface area contributed by atoms with E-state index in [1.165, 1.54) is 0 Å². The number of anilines is 1. The normalized spacial score (nSPS) is 14.2. The molecule has 1 aromatic carbocycles. The minimum absolute atomic E-state index is 0. The third-order valence-electron chi connectivity index (χ3n) is 3.97. The Hall–Kier alpha value is -1.38. The standard InChI is InChI=1S/C17H26N4O3.2ClH/c1-20-8-10-21(11-9-20)17(23)14-3-5-15(6-4-14)19-16(22)13-18-7-12-24-2;;/h3-6,18H,7-13H2,1-2H3,(H,19,22);2*1H. The lowest BCUT2D eigenvalue weighted by atomic mass is 10.1. The highest BCUT2D eigenvalue weighted by atomic mass is 35.5. The lowest BCUT2D eigenvalue weighted by Gasteiger charge is -2.32. The van der Waals surface area contributed by atoms with E-state index in [0.29, 0.717) is 24.4 Å². The SMILES string of the molecule is COCCNCC(=O)Nc1ccc(C(=O)N2CCN(C)CC2)cc1.Cl.Cl. The summed E-state index contributed by atoms with van der Waals surface area (Å²) in [6.07, 6.45) is 0. The van der Waals surface area contributed by atoms with Gasteiger partial charge in [-0.1, -0.05) is 0 Å². The number of carbonyl (C=O) groups is 2. The Labute approximate surface area is 167 Å². The topological polar surface area (TPSA) is 73.9 Å². The van der Waals surface area contributed by atoms with Gasteiger partial charge in [0, 0.05) is 51.1 Å². The molecule has 0 saturated carbocycles. The Morgan fingerprint density at radius 3 is 2.27 bits per heavy atom. The molecular formula is C17H28Cl2N4O3. The Kier molecular flexibility index (Phi) is 12.2. The van der Waals surface area contributed by atoms with E-state index in [2.05, 4.69) is 22.6 Å². The van der Waals surface area contributed by atoms with Gasteiger partial charge in [0.1, 0.15) is 0 Å². The van der Waals surface area contributed by atoms with E-state index in [1.54, 1.807) is 31.4 Å². The predicted octanol–water partition coefficient (Wildman–Crippen LogP) is 1.09. The number of nitrogens with zero attached hydrogens (tertiary/aromatic N) is 2. The molecule has 2 amide bonds. The van der Waals surface area contributed by atoms with Crippen molar-refractivity contribution in [1.82, 2.24) is 15.1 Å². The second kappa shape index (κ2) is 12.9. The summed E-state index contributed by atoms with van der Waals surface area (Å²) in [7, 11) is 3.68. The quantitative estimate of drug-likeness (QED) is 0.663. The van der Waals surface area contributed by atoms with Gasteiger partial charge in [-0.05, 0) is 31.3 Å². The number of likely N-dealkylation sites (N-methyl/N-ethyl adjacent to an activating group) is 1. The molecule has 2 N–H and O–H groups in total. The number of ether oxygens (including phenoxy) is 1. The molecule has 148 valence electrons. The van der Waals surface area contributed by atoms with Crippen LogP contribution in [0.1, 0.15) is 10.4 Å². The van der Waals surface area contributed by atoms with Crippen molar-refractivity contribution in [3.63, 3.8) is 0 Å². The fourth-order valence-corrected chi connectivity index (χ4v) is 2.47. The van der Waals surface area contributed by atoms with Crippen LogP contribution in [0.4, 0.5) is 5.69 Å². The highest BCUT2D eigenvalue weighted by molar-refractivity contribution is 5.96. The summed E-state index contributed by atoms with van der Waals surface area (Å²) in [5, 5.41) is 5.78. The largest absolute Gasteiger partial charge is 0.383 e. The number of benzene rings is 1. The van der Waals surface area contributed by atoms with Gasteiger partial charge >= 0.3 is 0 Å². The van der Waals surface area contributed by atoms with Crippen LogP contribution in [0.15, 0.2) is 24.3 Å². The van der Waals surface area contributed by atoms with Crippen LogP contribution in [0.3, 0.4) is 0 Å². The van der Waals surface area contributed by atoms with Gasteiger partial charge in [-0.3, -0.25) is 9.59 Å². The van der Waals surface area contributed by atoms with Crippen molar-refractivity contribution in [3.8, 4) is 0 Å². The number of amides is 2. The van der Waals surface area contributed by atoms with Gasteiger partial charge in [-0.25, -0.2) is 0 Å². The molecule has 0 unspecified atom stereocenters. The Balaban J connectivity index is 0.00000312. The van der Waals surface area contributed by atoms with E-state index >= 15 is 0 Å². The molecular weight excluding hydrogens is 379 g/mol. The zero-order chi connectivity index (χ0) is 17.4. The van der Waals surface area contributed by atoms with Gasteiger partial charge in [-0.2, -0.15) is 0 Å². The maximum absolute atomic E-state index is 12.4. The summed E-state index contributed by atoms with van der Waals surface area (Å²) in [5.41, 5.74) is 1.33. The van der Waals surface area contributed by atoms with Crippen LogP contribution in [-0.2, 0) is 9.53 Å². The first kappa shape index (κ1) is 24.6. The lowest BCUT2D eigenvalue weighted by Crippen LogP contribution is -2.47. The summed E-state index contributed by atoms with van der Waals surface area (Å²) in [5.74, 6) is -0.0774. The number of piperazine rings is 1. The van der Waals surface area contributed by atoms with Gasteiger partial charge < -0.3 is 25.2 Å². The smallest absolute Gasteiger partial charge is 0.253 e. The van der Waals surface area contributed by atoms with Crippen molar-refractivity contribution in [2.45, 2.75) is 0 Å². The van der Waals surface area contributed by atoms with E-state index in [4.69, 9.17) is 4.74 Å². The Morgan fingerprint density at radius 1 is 1.08 bits per heavy atom. The molecule has 26 heavy (non-hydrogen) atoms. The van der Waals surface area contributed by atoms with E-state index in [-0.39, 0.29) is 43.2 Å². The van der Waals surface area contributed by atoms with E-state index in [1.807, 2.05) is 4.90 Å². The van der Waals surface area contributed by atoms with E-state index in [9.17, 15) is 9.59 Å². The molecule has 1 heterocycles. The summed E-state index contributed by atoms with van der Waals surface area (Å²) in [6.45, 7) is 4.72. The van der Waals surface area contributed by atoms with Crippen LogP contribution >= 0.6 is 24.8 Å². The average molecular weight is 407 g/mol. The molecule has 9 heteroatoms. The number of nitrogens with one attached hydrogen (secondary N) is 2. The molecule has 1 aromatic rings. The van der Waals surface area contributed by atoms with Crippen LogP contribution in [0.2, 0.25) is 0 Å². The van der Waals surface area contributed by atoms with Crippen molar-refractivity contribution in [2.75, 3.05) is 65.3 Å². The molecule has 0 bridgehead atoms. The maximum Gasteiger partial charge on any atom is 0.253 e. The minimum Gasteiger partial charge on any atom is -0.383 e. The highest BCUT2D eigenvalue weighted by Gasteiger charge is 2.20. The molecule has 1 fully saturated rings. The van der Waals surface area contributed by atoms with E-state index in [0.717, 1.165) is 26.2 Å². The summed E-state index contributed by atoms with van der Waals surface area (Å²) >= 11 is 0. The van der Waals surface area contributed by atoms with Crippen LogP contribution in [0, 0.1) is 0 Å². The Morgan fingerprint density at radius 2 is 1.69 bits per heavy atom. The third kappa shape index (κ3) is 7.88. The average Bonchev–Trinajstić information content (AvgIpc) is 2.59. The summed E-state index contributed by atoms with van der Waals surface area (Å²) < 4.78 is 4.90. The molecule has 1 aliphatic heterocycles. The van der Waals surface area contributed by atoms with Crippen molar-refractivity contribution >= 4 is 42.3 Å². The second-order valence-electron chi connectivity index (χ2n) is 5.89. The third-order valence-corrected chi connectivity index (χ3v) is 3.97. The number of rotatable bonds is 7. The molecule has 1 saturated heterocycles. The van der Waals surface area contributed by atoms with Gasteiger partial charge in [0.05, 0.1) is 13.2 Å². The predicted molar refractivity (Wildman–Crippen MR) is 108 cm³/mol. The van der Waals surface area contributed by atoms with Crippen LogP contribution in [-0.4, -0.2) is 81.6 Å². The number of halogens is 2. The molecule has 0 spiro atoms. The minimum atomic E-state index is -0.121. The number of hydrogen-bond donors (Lipinski definition) is 2. The van der Waals surface area contributed by atoms with Crippen LogP contribution in [0.25, 0.3) is 0 Å². The first-order valence-electron chi connectivity index (χ1n) is 8.17. The zero-order valence-electron chi connectivity index (χ0n) is 15.2. The fourth-order valence-electron chi connectivity index (χ4n) is 2.47. The van der Waals surface area contributed by atoms with Gasteiger partial charge in [0.15, 0.2) is 0 Å². The molecule has 7 nitrogen and oxygen atoms in total. The van der Waals surface area contributed by atoms with Crippen LogP contribution in [0.5, 0.6) is 0 Å². The molecule has 0 radical (unpaired) electrons. The lowest BCUT2D eigenvalue weighted by molar-refractivity contribution is -0.115. The molecule has 0 aromatic heterocycles. The molecule has 1 aliphatic rings.